The maximum atomic E-state index is 12.8. The zero-order valence-electron chi connectivity index (χ0n) is 22.1. The van der Waals surface area contributed by atoms with Crippen LogP contribution in [0.15, 0.2) is 42.5 Å². The van der Waals surface area contributed by atoms with E-state index in [0.717, 1.165) is 50.8 Å². The molecule has 2 aliphatic rings. The molecule has 1 N–H and O–H groups in total. The number of hydrogen-bond acceptors (Lipinski definition) is 7. The van der Waals surface area contributed by atoms with Crippen molar-refractivity contribution in [1.82, 2.24) is 15.1 Å². The Balaban J connectivity index is 1.17. The molecule has 2 aliphatic heterocycles. The molecular weight excluding hydrogens is 488 g/mol. The number of amides is 2. The largest absolute Gasteiger partial charge is 0.493 e. The first kappa shape index (κ1) is 27.4. The number of piperidine rings is 2. The second kappa shape index (κ2) is 12.7. The van der Waals surface area contributed by atoms with E-state index >= 15 is 0 Å². The molecule has 0 radical (unpaired) electrons. The number of non-ortho nitro benzene ring substituents is 1. The topological polar surface area (TPSA) is 114 Å². The first-order chi connectivity index (χ1) is 18.4. The number of benzene rings is 2. The molecule has 0 saturated carbocycles. The van der Waals surface area contributed by atoms with Crippen molar-refractivity contribution in [2.75, 3.05) is 46.9 Å². The Bertz CT molecular complexity index is 1120. The van der Waals surface area contributed by atoms with E-state index < -0.39 is 4.92 Å². The number of ether oxygens (including phenoxy) is 2. The van der Waals surface area contributed by atoms with Crippen LogP contribution in [0.25, 0.3) is 0 Å². The average molecular weight is 525 g/mol. The summed E-state index contributed by atoms with van der Waals surface area (Å²) in [6.45, 7) is 3.67. The molecule has 0 aliphatic carbocycles. The lowest BCUT2D eigenvalue weighted by atomic mass is 9.92. The SMILES string of the molecule is COc1ccc(CCNC(=O)C2CCN(C3CCN(C(=O)c4ccc([N+](=O)[O-])cc4)CC3)CC2)cc1OC. The van der Waals surface area contributed by atoms with Gasteiger partial charge in [-0.2, -0.15) is 0 Å². The second-order valence-corrected chi connectivity index (χ2v) is 9.87. The number of hydrogen-bond donors (Lipinski definition) is 1. The van der Waals surface area contributed by atoms with Crippen LogP contribution < -0.4 is 14.8 Å². The minimum absolute atomic E-state index is 0.0183. The molecule has 10 nitrogen and oxygen atoms in total. The molecule has 10 heteroatoms. The normalized spacial score (nSPS) is 17.2. The van der Waals surface area contributed by atoms with E-state index in [0.29, 0.717) is 42.7 Å². The Labute approximate surface area is 223 Å². The molecule has 2 saturated heterocycles. The monoisotopic (exact) mass is 524 g/mol. The van der Waals surface area contributed by atoms with Crippen molar-refractivity contribution in [2.45, 2.75) is 38.1 Å². The van der Waals surface area contributed by atoms with Crippen LogP contribution in [0.1, 0.15) is 41.6 Å². The molecule has 4 rings (SSSR count). The van der Waals surface area contributed by atoms with Crippen molar-refractivity contribution >= 4 is 17.5 Å². The van der Waals surface area contributed by atoms with Gasteiger partial charge in [0, 0.05) is 49.3 Å². The van der Waals surface area contributed by atoms with E-state index in [1.165, 1.54) is 24.3 Å². The van der Waals surface area contributed by atoms with Crippen LogP contribution in [0.5, 0.6) is 11.5 Å². The Morgan fingerprint density at radius 2 is 1.61 bits per heavy atom. The van der Waals surface area contributed by atoms with Gasteiger partial charge in [-0.05, 0) is 75.0 Å². The van der Waals surface area contributed by atoms with Crippen molar-refractivity contribution < 1.29 is 24.0 Å². The van der Waals surface area contributed by atoms with Crippen LogP contribution in [0.4, 0.5) is 5.69 Å². The zero-order chi connectivity index (χ0) is 27.1. The highest BCUT2D eigenvalue weighted by atomic mass is 16.6. The molecule has 2 heterocycles. The summed E-state index contributed by atoms with van der Waals surface area (Å²) in [6.07, 6.45) is 4.18. The third kappa shape index (κ3) is 6.61. The van der Waals surface area contributed by atoms with Gasteiger partial charge in [0.1, 0.15) is 0 Å². The number of nitro groups is 1. The van der Waals surface area contributed by atoms with E-state index in [4.69, 9.17) is 9.47 Å². The van der Waals surface area contributed by atoms with Crippen LogP contribution in [0.2, 0.25) is 0 Å². The number of carbonyl (C=O) groups excluding carboxylic acids is 2. The molecule has 2 aromatic carbocycles. The minimum Gasteiger partial charge on any atom is -0.493 e. The minimum atomic E-state index is -0.466. The number of nitrogens with one attached hydrogen (secondary N) is 1. The van der Waals surface area contributed by atoms with Gasteiger partial charge in [0.25, 0.3) is 11.6 Å². The summed E-state index contributed by atoms with van der Waals surface area (Å²) in [4.78, 5) is 40.2. The van der Waals surface area contributed by atoms with Gasteiger partial charge >= 0.3 is 0 Å². The summed E-state index contributed by atoms with van der Waals surface area (Å²) >= 11 is 0. The maximum absolute atomic E-state index is 12.8. The molecule has 0 spiro atoms. The molecule has 0 aromatic heterocycles. The summed E-state index contributed by atoms with van der Waals surface area (Å²) in [7, 11) is 3.22. The zero-order valence-corrected chi connectivity index (χ0v) is 22.1. The Kier molecular flexibility index (Phi) is 9.17. The third-order valence-electron chi connectivity index (χ3n) is 7.65. The highest BCUT2D eigenvalue weighted by Crippen LogP contribution is 2.28. The molecule has 2 amide bonds. The smallest absolute Gasteiger partial charge is 0.269 e. The Morgan fingerprint density at radius 1 is 0.947 bits per heavy atom. The van der Waals surface area contributed by atoms with Crippen molar-refractivity contribution in [3.63, 3.8) is 0 Å². The summed E-state index contributed by atoms with van der Waals surface area (Å²) < 4.78 is 10.6. The van der Waals surface area contributed by atoms with Crippen LogP contribution >= 0.6 is 0 Å². The van der Waals surface area contributed by atoms with Gasteiger partial charge in [-0.1, -0.05) is 6.07 Å². The first-order valence-electron chi connectivity index (χ1n) is 13.2. The molecule has 0 atom stereocenters. The number of methoxy groups -OCH3 is 2. The number of nitro benzene ring substituents is 1. The number of likely N-dealkylation sites (tertiary alicyclic amines) is 2. The van der Waals surface area contributed by atoms with Crippen molar-refractivity contribution in [1.29, 1.82) is 0 Å². The summed E-state index contributed by atoms with van der Waals surface area (Å²) in [5.74, 6) is 1.44. The average Bonchev–Trinajstić information content (AvgIpc) is 2.96. The van der Waals surface area contributed by atoms with Gasteiger partial charge < -0.3 is 24.6 Å². The first-order valence-corrected chi connectivity index (χ1v) is 13.2. The summed E-state index contributed by atoms with van der Waals surface area (Å²) in [5, 5.41) is 13.9. The molecule has 2 aromatic rings. The van der Waals surface area contributed by atoms with Crippen LogP contribution in [0.3, 0.4) is 0 Å². The predicted octanol–water partition coefficient (Wildman–Crippen LogP) is 3.29. The lowest BCUT2D eigenvalue weighted by Crippen LogP contribution is -2.50. The van der Waals surface area contributed by atoms with Crippen molar-refractivity contribution in [3.8, 4) is 11.5 Å². The standard InChI is InChI=1S/C28H36N4O6/c1-37-25-8-3-20(19-26(25)38-2)9-14-29-27(33)21-10-15-30(16-11-21)23-12-17-31(18-13-23)28(34)22-4-6-24(7-5-22)32(35)36/h3-8,19,21,23H,9-18H2,1-2H3,(H,29,33). The number of carbonyl (C=O) groups is 2. The fourth-order valence-electron chi connectivity index (χ4n) is 5.38. The van der Waals surface area contributed by atoms with Gasteiger partial charge in [0.05, 0.1) is 19.1 Å². The summed E-state index contributed by atoms with van der Waals surface area (Å²) in [5.41, 5.74) is 1.54. The van der Waals surface area contributed by atoms with Crippen LogP contribution in [0, 0.1) is 16.0 Å². The maximum Gasteiger partial charge on any atom is 0.269 e. The third-order valence-corrected chi connectivity index (χ3v) is 7.65. The molecule has 0 bridgehead atoms. The molecule has 0 unspecified atom stereocenters. The molecule has 38 heavy (non-hydrogen) atoms. The highest BCUT2D eigenvalue weighted by Gasteiger charge is 2.32. The predicted molar refractivity (Wildman–Crippen MR) is 143 cm³/mol. The molecular formula is C28H36N4O6. The van der Waals surface area contributed by atoms with E-state index in [1.807, 2.05) is 23.1 Å². The number of rotatable bonds is 9. The fraction of sp³-hybridized carbons (Fsp3) is 0.500. The van der Waals surface area contributed by atoms with Gasteiger partial charge in [-0.25, -0.2) is 0 Å². The lowest BCUT2D eigenvalue weighted by molar-refractivity contribution is -0.384. The van der Waals surface area contributed by atoms with E-state index in [-0.39, 0.29) is 23.4 Å². The fourth-order valence-corrected chi connectivity index (χ4v) is 5.38. The van der Waals surface area contributed by atoms with Crippen molar-refractivity contribution in [3.05, 3.63) is 63.7 Å². The summed E-state index contributed by atoms with van der Waals surface area (Å²) in [6, 6.07) is 12.0. The van der Waals surface area contributed by atoms with E-state index in [2.05, 4.69) is 10.2 Å². The van der Waals surface area contributed by atoms with E-state index in [9.17, 15) is 19.7 Å². The van der Waals surface area contributed by atoms with Crippen LogP contribution in [-0.4, -0.2) is 79.5 Å². The van der Waals surface area contributed by atoms with Gasteiger partial charge in [-0.15, -0.1) is 0 Å². The van der Waals surface area contributed by atoms with E-state index in [1.54, 1.807) is 14.2 Å². The van der Waals surface area contributed by atoms with Gasteiger partial charge in [0.15, 0.2) is 11.5 Å². The van der Waals surface area contributed by atoms with Gasteiger partial charge in [0.2, 0.25) is 5.91 Å². The highest BCUT2D eigenvalue weighted by molar-refractivity contribution is 5.94. The lowest BCUT2D eigenvalue weighted by Gasteiger charge is -2.41. The van der Waals surface area contributed by atoms with Crippen LogP contribution in [-0.2, 0) is 11.2 Å². The Hall–Kier alpha value is -3.66. The quantitative estimate of drug-likeness (QED) is 0.395. The Morgan fingerprint density at radius 3 is 2.21 bits per heavy atom. The molecule has 2 fully saturated rings. The number of nitrogens with zero attached hydrogens (tertiary/aromatic N) is 3. The van der Waals surface area contributed by atoms with Gasteiger partial charge in [-0.3, -0.25) is 19.7 Å². The molecule has 204 valence electrons. The second-order valence-electron chi connectivity index (χ2n) is 9.87. The van der Waals surface area contributed by atoms with Crippen molar-refractivity contribution in [2.24, 2.45) is 5.92 Å².